The van der Waals surface area contributed by atoms with Crippen molar-refractivity contribution in [2.75, 3.05) is 5.32 Å². The summed E-state index contributed by atoms with van der Waals surface area (Å²) < 4.78 is 7.09. The number of nitrogens with one attached hydrogen (secondary N) is 1. The highest BCUT2D eigenvalue weighted by Crippen LogP contribution is 2.24. The van der Waals surface area contributed by atoms with Gasteiger partial charge in [0, 0.05) is 12.2 Å². The predicted octanol–water partition coefficient (Wildman–Crippen LogP) is 3.82. The number of furan rings is 1. The maximum absolute atomic E-state index is 12.9. The number of fused-ring (bicyclic) bond motifs is 1. The Balaban J connectivity index is 2.09. The zero-order valence-electron chi connectivity index (χ0n) is 15.7. The molecule has 0 saturated heterocycles. The maximum Gasteiger partial charge on any atom is 0.265 e. The number of amides is 1. The van der Waals surface area contributed by atoms with Gasteiger partial charge in [-0.15, -0.1) is 0 Å². The molecule has 1 N–H and O–H groups in total. The van der Waals surface area contributed by atoms with Gasteiger partial charge in [0.15, 0.2) is 0 Å². The molecule has 136 valence electrons. The van der Waals surface area contributed by atoms with Crippen LogP contribution in [0.2, 0.25) is 0 Å². The lowest BCUT2D eigenvalue weighted by Gasteiger charge is -2.10. The molecule has 6 nitrogen and oxygen atoms in total. The van der Waals surface area contributed by atoms with E-state index in [1.807, 2.05) is 45.9 Å². The summed E-state index contributed by atoms with van der Waals surface area (Å²) >= 11 is 0. The highest BCUT2D eigenvalue weighted by atomic mass is 16.3. The molecule has 6 heteroatoms. The molecule has 0 aliphatic rings. The molecule has 3 aromatic rings. The molecule has 0 aliphatic heterocycles. The van der Waals surface area contributed by atoms with Crippen LogP contribution in [0.5, 0.6) is 0 Å². The van der Waals surface area contributed by atoms with Gasteiger partial charge in [-0.05, 0) is 43.9 Å². The van der Waals surface area contributed by atoms with Gasteiger partial charge in [0.1, 0.15) is 17.5 Å². The van der Waals surface area contributed by atoms with Gasteiger partial charge < -0.3 is 9.73 Å². The van der Waals surface area contributed by atoms with Gasteiger partial charge in [0.2, 0.25) is 5.71 Å². The summed E-state index contributed by atoms with van der Waals surface area (Å²) in [6, 6.07) is 5.83. The quantitative estimate of drug-likeness (QED) is 0.773. The van der Waals surface area contributed by atoms with Crippen molar-refractivity contribution >= 4 is 22.7 Å². The molecule has 26 heavy (non-hydrogen) atoms. The first-order valence-corrected chi connectivity index (χ1v) is 8.65. The number of aryl methyl sites for hydroxylation is 3. The van der Waals surface area contributed by atoms with Crippen molar-refractivity contribution < 1.29 is 9.21 Å². The van der Waals surface area contributed by atoms with E-state index in [0.29, 0.717) is 12.3 Å². The Bertz CT molecular complexity index is 1040. The van der Waals surface area contributed by atoms with E-state index in [2.05, 4.69) is 10.3 Å². The second-order valence-electron chi connectivity index (χ2n) is 7.08. The summed E-state index contributed by atoms with van der Waals surface area (Å²) in [5.74, 6) is 0.304. The van der Waals surface area contributed by atoms with Gasteiger partial charge >= 0.3 is 0 Å². The number of anilines is 1. The molecule has 2 aromatic heterocycles. The fraction of sp³-hybridized carbons (Fsp3) is 0.350. The summed E-state index contributed by atoms with van der Waals surface area (Å²) in [6.07, 6.45) is 1.47. The number of carbonyl (C=O) groups is 1. The van der Waals surface area contributed by atoms with Crippen molar-refractivity contribution in [3.63, 3.8) is 0 Å². The average Bonchev–Trinajstić information content (AvgIpc) is 2.90. The smallest absolute Gasteiger partial charge is 0.265 e. The zero-order valence-corrected chi connectivity index (χ0v) is 15.7. The SMILES string of the molecule is Cc1ccc(C)c(NC(=O)c2c(C)oc3ncn(CC(C)C)c(=O)c23)c1. The molecule has 0 bridgehead atoms. The third-order valence-corrected chi connectivity index (χ3v) is 4.28. The van der Waals surface area contributed by atoms with Crippen LogP contribution in [0.15, 0.2) is 33.7 Å². The number of nitrogens with zero attached hydrogens (tertiary/aromatic N) is 2. The molecule has 1 amide bonds. The molecule has 0 spiro atoms. The van der Waals surface area contributed by atoms with Crippen LogP contribution in [0.3, 0.4) is 0 Å². The Morgan fingerprint density at radius 2 is 2.00 bits per heavy atom. The highest BCUT2D eigenvalue weighted by molar-refractivity contribution is 6.12. The van der Waals surface area contributed by atoms with Gasteiger partial charge in [-0.25, -0.2) is 4.98 Å². The number of hydrogen-bond donors (Lipinski definition) is 1. The molecule has 1 aromatic carbocycles. The van der Waals surface area contributed by atoms with Gasteiger partial charge in [-0.3, -0.25) is 14.2 Å². The fourth-order valence-corrected chi connectivity index (χ4v) is 2.99. The van der Waals surface area contributed by atoms with Crippen molar-refractivity contribution in [3.8, 4) is 0 Å². The second kappa shape index (κ2) is 6.78. The van der Waals surface area contributed by atoms with Crippen LogP contribution in [0.4, 0.5) is 5.69 Å². The Hall–Kier alpha value is -2.89. The first kappa shape index (κ1) is 17.9. The van der Waals surface area contributed by atoms with E-state index in [9.17, 15) is 9.59 Å². The van der Waals surface area contributed by atoms with Crippen molar-refractivity contribution in [2.24, 2.45) is 5.92 Å². The number of carbonyl (C=O) groups excluding carboxylic acids is 1. The van der Waals surface area contributed by atoms with Gasteiger partial charge in [-0.1, -0.05) is 26.0 Å². The van der Waals surface area contributed by atoms with Crippen LogP contribution in [0.1, 0.15) is 41.1 Å². The minimum atomic E-state index is -0.365. The van der Waals surface area contributed by atoms with Crippen LogP contribution in [0, 0.1) is 26.7 Å². The summed E-state index contributed by atoms with van der Waals surface area (Å²) in [4.78, 5) is 30.0. The molecular weight excluding hydrogens is 330 g/mol. The van der Waals surface area contributed by atoms with Crippen molar-refractivity contribution in [1.82, 2.24) is 9.55 Å². The third kappa shape index (κ3) is 3.27. The Morgan fingerprint density at radius 1 is 1.27 bits per heavy atom. The number of hydrogen-bond acceptors (Lipinski definition) is 4. The Kier molecular flexibility index (Phi) is 4.68. The van der Waals surface area contributed by atoms with Crippen LogP contribution in [-0.4, -0.2) is 15.5 Å². The maximum atomic E-state index is 12.9. The molecule has 0 aliphatic carbocycles. The number of benzene rings is 1. The molecule has 2 heterocycles. The normalized spacial score (nSPS) is 11.3. The topological polar surface area (TPSA) is 77.1 Å². The monoisotopic (exact) mass is 353 g/mol. The largest absolute Gasteiger partial charge is 0.442 e. The second-order valence-corrected chi connectivity index (χ2v) is 7.08. The van der Waals surface area contributed by atoms with Crippen molar-refractivity contribution in [3.05, 3.63) is 57.3 Å². The van der Waals surface area contributed by atoms with Gasteiger partial charge in [0.25, 0.3) is 11.5 Å². The van der Waals surface area contributed by atoms with Crippen molar-refractivity contribution in [2.45, 2.75) is 41.2 Å². The summed E-state index contributed by atoms with van der Waals surface area (Å²) in [5.41, 5.74) is 2.89. The van der Waals surface area contributed by atoms with Crippen LogP contribution in [-0.2, 0) is 6.54 Å². The van der Waals surface area contributed by atoms with Crippen LogP contribution < -0.4 is 10.9 Å². The number of rotatable bonds is 4. The first-order chi connectivity index (χ1) is 12.3. The molecule has 0 saturated carbocycles. The zero-order chi connectivity index (χ0) is 19.0. The molecule has 3 rings (SSSR count). The lowest BCUT2D eigenvalue weighted by molar-refractivity contribution is 0.102. The predicted molar refractivity (Wildman–Crippen MR) is 102 cm³/mol. The summed E-state index contributed by atoms with van der Waals surface area (Å²) in [6.45, 7) is 10.1. The van der Waals surface area contributed by atoms with E-state index >= 15 is 0 Å². The van der Waals surface area contributed by atoms with E-state index in [1.54, 1.807) is 6.92 Å². The molecule has 0 fully saturated rings. The molecule has 0 radical (unpaired) electrons. The van der Waals surface area contributed by atoms with Gasteiger partial charge in [0.05, 0.1) is 5.56 Å². The highest BCUT2D eigenvalue weighted by Gasteiger charge is 2.23. The molecule has 0 atom stereocenters. The average molecular weight is 353 g/mol. The Labute approximate surface area is 151 Å². The summed E-state index contributed by atoms with van der Waals surface area (Å²) in [5, 5.41) is 3.13. The first-order valence-electron chi connectivity index (χ1n) is 8.65. The minimum Gasteiger partial charge on any atom is -0.442 e. The molecular formula is C20H23N3O3. The van der Waals surface area contributed by atoms with E-state index in [-0.39, 0.29) is 34.0 Å². The third-order valence-electron chi connectivity index (χ3n) is 4.28. The Morgan fingerprint density at radius 3 is 2.69 bits per heavy atom. The lowest BCUT2D eigenvalue weighted by Crippen LogP contribution is -2.24. The summed E-state index contributed by atoms with van der Waals surface area (Å²) in [7, 11) is 0. The number of aromatic nitrogens is 2. The molecule has 0 unspecified atom stereocenters. The lowest BCUT2D eigenvalue weighted by atomic mass is 10.1. The van der Waals surface area contributed by atoms with Crippen molar-refractivity contribution in [1.29, 1.82) is 0 Å². The van der Waals surface area contributed by atoms with E-state index in [1.165, 1.54) is 10.9 Å². The van der Waals surface area contributed by atoms with Crippen LogP contribution in [0.25, 0.3) is 11.1 Å². The van der Waals surface area contributed by atoms with Gasteiger partial charge in [-0.2, -0.15) is 0 Å². The van der Waals surface area contributed by atoms with Crippen LogP contribution >= 0.6 is 0 Å². The van der Waals surface area contributed by atoms with E-state index < -0.39 is 0 Å². The minimum absolute atomic E-state index is 0.193. The van der Waals surface area contributed by atoms with E-state index in [0.717, 1.165) is 16.8 Å². The standard InChI is InChI=1S/C20H23N3O3/c1-11(2)9-23-10-21-19-17(20(23)25)16(14(5)26-19)18(24)22-15-8-12(3)6-7-13(15)4/h6-8,10-11H,9H2,1-5H3,(H,22,24). The van der Waals surface area contributed by atoms with E-state index in [4.69, 9.17) is 4.42 Å². The fourth-order valence-electron chi connectivity index (χ4n) is 2.99.